The second kappa shape index (κ2) is 5.63. The van der Waals surface area contributed by atoms with Gasteiger partial charge in [0.2, 0.25) is 5.91 Å². The van der Waals surface area contributed by atoms with Crippen LogP contribution in [0.1, 0.15) is 19.3 Å². The second-order valence-electron chi connectivity index (χ2n) is 5.96. The van der Waals surface area contributed by atoms with E-state index in [1.807, 2.05) is 0 Å². The quantitative estimate of drug-likeness (QED) is 0.736. The molecule has 2 rings (SSSR count). The third-order valence-electron chi connectivity index (χ3n) is 4.46. The van der Waals surface area contributed by atoms with E-state index in [0.717, 1.165) is 0 Å². The lowest BCUT2D eigenvalue weighted by Gasteiger charge is -2.39. The minimum absolute atomic E-state index is 0.345. The number of ether oxygens (including phenoxy) is 1. The highest BCUT2D eigenvalue weighted by atomic mass is 19.4. The largest absolute Gasteiger partial charge is 0.479 e. The Morgan fingerprint density at radius 1 is 1.04 bits per heavy atom. The number of hydrogen-bond donors (Lipinski definition) is 1. The number of amides is 1. The number of rotatable bonds is 3. The average Bonchev–Trinajstić information content (AvgIpc) is 2.90. The molecule has 0 spiro atoms. The van der Waals surface area contributed by atoms with Gasteiger partial charge >= 0.3 is 30.1 Å². The fraction of sp³-hybridized carbons (Fsp3) is 0.833. The highest BCUT2D eigenvalue weighted by Crippen LogP contribution is 2.56. The van der Waals surface area contributed by atoms with Crippen LogP contribution in [0, 0.1) is 0 Å². The van der Waals surface area contributed by atoms with E-state index in [4.69, 9.17) is 0 Å². The molecule has 14 heteroatoms. The van der Waals surface area contributed by atoms with Crippen molar-refractivity contribution in [2.75, 3.05) is 6.54 Å². The summed E-state index contributed by atoms with van der Waals surface area (Å²) in [5.41, 5.74) is -8.68. The minimum atomic E-state index is -6.92. The van der Waals surface area contributed by atoms with E-state index < -0.39 is 67.0 Å². The Hall–Kier alpha value is -1.73. The molecule has 2 aliphatic rings. The summed E-state index contributed by atoms with van der Waals surface area (Å²) >= 11 is 0. The standard InChI is InChI=1S/C12H10F9NO4/c13-10(14,15)9(11(16,17)18,12(19,20)21)26-5-3-8(7(24)25)2-1-6(23)22(8)4-5/h5H,1-4H2,(H,24,25). The summed E-state index contributed by atoms with van der Waals surface area (Å²) in [5.74, 6) is -2.65. The van der Waals surface area contributed by atoms with Crippen molar-refractivity contribution in [3.05, 3.63) is 0 Å². The molecule has 2 saturated heterocycles. The van der Waals surface area contributed by atoms with E-state index in [9.17, 15) is 54.2 Å². The van der Waals surface area contributed by atoms with Crippen molar-refractivity contribution in [3.63, 3.8) is 0 Å². The van der Waals surface area contributed by atoms with E-state index in [1.54, 1.807) is 0 Å². The van der Waals surface area contributed by atoms with Crippen LogP contribution >= 0.6 is 0 Å². The van der Waals surface area contributed by atoms with Gasteiger partial charge in [-0.25, -0.2) is 4.79 Å². The maximum Gasteiger partial charge on any atom is 0.435 e. The summed E-state index contributed by atoms with van der Waals surface area (Å²) < 4.78 is 119. The number of carbonyl (C=O) groups is 2. The van der Waals surface area contributed by atoms with Gasteiger partial charge in [-0.15, -0.1) is 0 Å². The monoisotopic (exact) mass is 403 g/mol. The Labute approximate surface area is 138 Å². The second-order valence-corrected chi connectivity index (χ2v) is 5.96. The molecule has 0 aromatic rings. The number of halogens is 9. The normalized spacial score (nSPS) is 27.8. The predicted octanol–water partition coefficient (Wildman–Crippen LogP) is 2.65. The molecule has 0 aliphatic carbocycles. The maximum atomic E-state index is 12.9. The Kier molecular flexibility index (Phi) is 4.46. The number of hydrogen-bond acceptors (Lipinski definition) is 3. The molecule has 2 unspecified atom stereocenters. The summed E-state index contributed by atoms with van der Waals surface area (Å²) in [6, 6.07) is 0. The third-order valence-corrected chi connectivity index (χ3v) is 4.46. The molecular weight excluding hydrogens is 393 g/mol. The average molecular weight is 403 g/mol. The Morgan fingerprint density at radius 2 is 1.50 bits per heavy atom. The molecule has 150 valence electrons. The molecule has 0 bridgehead atoms. The van der Waals surface area contributed by atoms with Crippen LogP contribution in [-0.4, -0.2) is 64.2 Å². The van der Waals surface area contributed by atoms with E-state index in [-0.39, 0.29) is 6.42 Å². The number of nitrogens with zero attached hydrogens (tertiary/aromatic N) is 1. The van der Waals surface area contributed by atoms with Crippen LogP contribution in [0.4, 0.5) is 39.5 Å². The van der Waals surface area contributed by atoms with Crippen molar-refractivity contribution in [3.8, 4) is 0 Å². The van der Waals surface area contributed by atoms with E-state index in [0.29, 0.717) is 4.90 Å². The van der Waals surface area contributed by atoms with Crippen LogP contribution in [0.5, 0.6) is 0 Å². The first kappa shape index (κ1) is 20.6. The highest BCUT2D eigenvalue weighted by Gasteiger charge is 2.86. The van der Waals surface area contributed by atoms with Crippen LogP contribution in [0.3, 0.4) is 0 Å². The zero-order chi connectivity index (χ0) is 20.3. The van der Waals surface area contributed by atoms with Gasteiger partial charge in [0, 0.05) is 19.4 Å². The molecule has 2 heterocycles. The summed E-state index contributed by atoms with van der Waals surface area (Å²) in [7, 11) is 0. The topological polar surface area (TPSA) is 66.8 Å². The van der Waals surface area contributed by atoms with Crippen LogP contribution in [0.25, 0.3) is 0 Å². The summed E-state index contributed by atoms with van der Waals surface area (Å²) in [5, 5.41) is 9.17. The van der Waals surface area contributed by atoms with Crippen molar-refractivity contribution >= 4 is 11.9 Å². The maximum absolute atomic E-state index is 12.9. The smallest absolute Gasteiger partial charge is 0.435 e. The van der Waals surface area contributed by atoms with Gasteiger partial charge in [-0.3, -0.25) is 4.79 Å². The number of fused-ring (bicyclic) bond motifs is 1. The lowest BCUT2D eigenvalue weighted by Crippen LogP contribution is -2.68. The summed E-state index contributed by atoms with van der Waals surface area (Å²) in [6.07, 6.45) is -25.1. The van der Waals surface area contributed by atoms with Crippen LogP contribution in [-0.2, 0) is 14.3 Å². The number of carboxylic acids is 1. The van der Waals surface area contributed by atoms with Crippen molar-refractivity contribution < 1.29 is 58.9 Å². The SMILES string of the molecule is O=C1CCC2(C(=O)O)CC(OC(C(F)(F)F)(C(F)(F)F)C(F)(F)F)CN12. The third kappa shape index (κ3) is 2.68. The van der Waals surface area contributed by atoms with Crippen LogP contribution < -0.4 is 0 Å². The fourth-order valence-electron chi connectivity index (χ4n) is 3.28. The zero-order valence-corrected chi connectivity index (χ0v) is 12.4. The Bertz CT molecular complexity index is 575. The molecule has 26 heavy (non-hydrogen) atoms. The van der Waals surface area contributed by atoms with Gasteiger partial charge in [-0.1, -0.05) is 0 Å². The van der Waals surface area contributed by atoms with Crippen LogP contribution in [0.2, 0.25) is 0 Å². The molecule has 1 amide bonds. The summed E-state index contributed by atoms with van der Waals surface area (Å²) in [6.45, 7) is -1.13. The lowest BCUT2D eigenvalue weighted by atomic mass is 9.93. The lowest BCUT2D eigenvalue weighted by molar-refractivity contribution is -0.463. The number of carbonyl (C=O) groups excluding carboxylic acids is 1. The van der Waals surface area contributed by atoms with Gasteiger partial charge in [-0.2, -0.15) is 39.5 Å². The molecule has 2 atom stereocenters. The van der Waals surface area contributed by atoms with Crippen molar-refractivity contribution in [2.45, 2.75) is 55.0 Å². The van der Waals surface area contributed by atoms with Crippen LogP contribution in [0.15, 0.2) is 0 Å². The molecule has 0 aromatic heterocycles. The predicted molar refractivity (Wildman–Crippen MR) is 61.7 cm³/mol. The van der Waals surface area contributed by atoms with Crippen molar-refractivity contribution in [1.82, 2.24) is 4.90 Å². The molecule has 2 aliphatic heterocycles. The first-order valence-corrected chi connectivity index (χ1v) is 6.91. The molecule has 2 fully saturated rings. The number of aliphatic carboxylic acids is 1. The fourth-order valence-corrected chi connectivity index (χ4v) is 3.28. The first-order chi connectivity index (χ1) is 11.5. The molecule has 0 aromatic carbocycles. The molecule has 5 nitrogen and oxygen atoms in total. The van der Waals surface area contributed by atoms with Crippen molar-refractivity contribution in [1.29, 1.82) is 0 Å². The minimum Gasteiger partial charge on any atom is -0.479 e. The first-order valence-electron chi connectivity index (χ1n) is 6.91. The van der Waals surface area contributed by atoms with Gasteiger partial charge in [-0.05, 0) is 6.42 Å². The molecule has 0 saturated carbocycles. The Balaban J connectivity index is 2.46. The van der Waals surface area contributed by atoms with Gasteiger partial charge in [0.1, 0.15) is 5.54 Å². The zero-order valence-electron chi connectivity index (χ0n) is 12.4. The van der Waals surface area contributed by atoms with Gasteiger partial charge < -0.3 is 14.7 Å². The van der Waals surface area contributed by atoms with Gasteiger partial charge in [0.15, 0.2) is 0 Å². The number of alkyl halides is 9. The molecule has 1 N–H and O–H groups in total. The van der Waals surface area contributed by atoms with E-state index >= 15 is 0 Å². The van der Waals surface area contributed by atoms with E-state index in [1.165, 1.54) is 0 Å². The summed E-state index contributed by atoms with van der Waals surface area (Å²) in [4.78, 5) is 23.4. The van der Waals surface area contributed by atoms with Gasteiger partial charge in [0.25, 0.3) is 0 Å². The van der Waals surface area contributed by atoms with Gasteiger partial charge in [0.05, 0.1) is 6.10 Å². The molecule has 0 radical (unpaired) electrons. The molecular formula is C12H10F9NO4. The Morgan fingerprint density at radius 3 is 1.85 bits per heavy atom. The highest BCUT2D eigenvalue weighted by molar-refractivity contribution is 5.91. The number of carboxylic acid groups (broad SMARTS) is 1. The van der Waals surface area contributed by atoms with E-state index in [2.05, 4.69) is 4.74 Å². The van der Waals surface area contributed by atoms with Crippen molar-refractivity contribution in [2.24, 2.45) is 0 Å².